The monoisotopic (exact) mass is 151 g/mol. The molecular weight excluding hydrogens is 142 g/mol. The number of amides is 1. The molecule has 0 radical (unpaired) electrons. The van der Waals surface area contributed by atoms with Crippen LogP contribution >= 0.6 is 0 Å². The van der Waals surface area contributed by atoms with Gasteiger partial charge in [-0.25, -0.2) is 0 Å². The highest BCUT2D eigenvalue weighted by molar-refractivity contribution is 5.84. The average molecular weight is 151 g/mol. The summed E-state index contributed by atoms with van der Waals surface area (Å²) in [5.74, 6) is 0.259. The van der Waals surface area contributed by atoms with E-state index in [-0.39, 0.29) is 23.5 Å². The first-order valence-corrected chi connectivity index (χ1v) is 3.95. The summed E-state index contributed by atoms with van der Waals surface area (Å²) in [6, 6.07) is 0. The van der Waals surface area contributed by atoms with E-state index in [1.54, 1.807) is 0 Å². The van der Waals surface area contributed by atoms with Gasteiger partial charge in [-0.2, -0.15) is 0 Å². The van der Waals surface area contributed by atoms with Crippen LogP contribution in [0.5, 0.6) is 0 Å². The Morgan fingerprint density at radius 1 is 1.73 bits per heavy atom. The van der Waals surface area contributed by atoms with Crippen LogP contribution < -0.4 is 5.32 Å². The van der Waals surface area contributed by atoms with Crippen molar-refractivity contribution in [3.8, 4) is 0 Å². The van der Waals surface area contributed by atoms with Crippen molar-refractivity contribution >= 4 is 5.91 Å². The van der Waals surface area contributed by atoms with Crippen LogP contribution in [0.15, 0.2) is 12.2 Å². The van der Waals surface area contributed by atoms with E-state index < -0.39 is 0 Å². The first kappa shape index (κ1) is 5.77. The topological polar surface area (TPSA) is 38.3 Å². The molecule has 0 aromatic carbocycles. The van der Waals surface area contributed by atoms with Gasteiger partial charge in [-0.15, -0.1) is 0 Å². The lowest BCUT2D eigenvalue weighted by Gasteiger charge is -2.18. The molecule has 0 aromatic rings. The lowest BCUT2D eigenvalue weighted by molar-refractivity contribution is -0.123. The molecule has 0 aliphatic carbocycles. The van der Waals surface area contributed by atoms with E-state index in [1.807, 2.05) is 6.08 Å². The van der Waals surface area contributed by atoms with Crippen molar-refractivity contribution in [1.29, 1.82) is 0 Å². The molecule has 1 amide bonds. The number of carbonyl (C=O) groups is 1. The Kier molecular flexibility index (Phi) is 0.790. The summed E-state index contributed by atoms with van der Waals surface area (Å²) < 4.78 is 5.66. The highest BCUT2D eigenvalue weighted by Gasteiger charge is 2.57. The van der Waals surface area contributed by atoms with Crippen molar-refractivity contribution < 1.29 is 9.53 Å². The summed E-state index contributed by atoms with van der Waals surface area (Å²) in [6.45, 7) is 0.670. The van der Waals surface area contributed by atoms with Crippen molar-refractivity contribution in [3.63, 3.8) is 0 Å². The largest absolute Gasteiger partial charge is 0.361 e. The van der Waals surface area contributed by atoms with E-state index in [9.17, 15) is 4.79 Å². The van der Waals surface area contributed by atoms with E-state index in [0.717, 1.165) is 6.42 Å². The standard InChI is InChI=1S/C8H9NO2/c10-7-6-3-5-1-2-8(6,11-5)4-9-7/h1-2,5-6H,3-4H2,(H,9,10). The summed E-state index contributed by atoms with van der Waals surface area (Å²) in [4.78, 5) is 11.2. The molecule has 1 spiro atoms. The van der Waals surface area contributed by atoms with Gasteiger partial charge in [0, 0.05) is 0 Å². The highest BCUT2D eigenvalue weighted by atomic mass is 16.5. The number of carbonyl (C=O) groups excluding carboxylic acids is 1. The highest BCUT2D eigenvalue weighted by Crippen LogP contribution is 2.45. The Balaban J connectivity index is 2.09. The van der Waals surface area contributed by atoms with E-state index in [2.05, 4.69) is 11.4 Å². The van der Waals surface area contributed by atoms with E-state index >= 15 is 0 Å². The van der Waals surface area contributed by atoms with Crippen molar-refractivity contribution in [2.75, 3.05) is 6.54 Å². The summed E-state index contributed by atoms with van der Waals surface area (Å²) >= 11 is 0. The molecule has 3 unspecified atom stereocenters. The first-order valence-electron chi connectivity index (χ1n) is 3.95. The molecule has 3 atom stereocenters. The molecule has 2 fully saturated rings. The molecule has 2 saturated heterocycles. The van der Waals surface area contributed by atoms with Gasteiger partial charge in [0.05, 0.1) is 18.6 Å². The van der Waals surface area contributed by atoms with Crippen molar-refractivity contribution in [2.45, 2.75) is 18.1 Å². The van der Waals surface area contributed by atoms with Crippen LogP contribution in [0.2, 0.25) is 0 Å². The molecule has 1 N–H and O–H groups in total. The predicted octanol–water partition coefficient (Wildman–Crippen LogP) is -0.170. The van der Waals surface area contributed by atoms with Gasteiger partial charge in [-0.3, -0.25) is 4.79 Å². The number of ether oxygens (including phenoxy) is 1. The summed E-state index contributed by atoms with van der Waals surface area (Å²) in [7, 11) is 0. The van der Waals surface area contributed by atoms with E-state index in [4.69, 9.17) is 4.74 Å². The molecule has 3 aliphatic heterocycles. The van der Waals surface area contributed by atoms with Gasteiger partial charge in [0.15, 0.2) is 0 Å². The first-order chi connectivity index (χ1) is 5.30. The number of hydrogen-bond donors (Lipinski definition) is 1. The third-order valence-electron chi connectivity index (χ3n) is 2.88. The number of hydrogen-bond acceptors (Lipinski definition) is 2. The maximum Gasteiger partial charge on any atom is 0.226 e. The minimum atomic E-state index is -0.248. The van der Waals surface area contributed by atoms with Crippen molar-refractivity contribution in [3.05, 3.63) is 12.2 Å². The quantitative estimate of drug-likeness (QED) is 0.488. The molecule has 11 heavy (non-hydrogen) atoms. The van der Waals surface area contributed by atoms with Crippen LogP contribution in [0.3, 0.4) is 0 Å². The second kappa shape index (κ2) is 1.50. The third-order valence-corrected chi connectivity index (χ3v) is 2.88. The Morgan fingerprint density at radius 3 is 3.36 bits per heavy atom. The fraction of sp³-hybridized carbons (Fsp3) is 0.625. The van der Waals surface area contributed by atoms with Gasteiger partial charge in [0.2, 0.25) is 5.91 Å². The Bertz CT molecular complexity index is 261. The van der Waals surface area contributed by atoms with Crippen molar-refractivity contribution in [2.24, 2.45) is 5.92 Å². The maximum absolute atomic E-state index is 11.2. The van der Waals surface area contributed by atoms with Crippen LogP contribution in [-0.2, 0) is 9.53 Å². The molecule has 2 bridgehead atoms. The number of nitrogens with one attached hydrogen (secondary N) is 1. The van der Waals surface area contributed by atoms with Crippen LogP contribution in [-0.4, -0.2) is 24.2 Å². The Hall–Kier alpha value is -0.830. The van der Waals surface area contributed by atoms with Crippen LogP contribution in [0.1, 0.15) is 6.42 Å². The van der Waals surface area contributed by atoms with Crippen LogP contribution in [0.25, 0.3) is 0 Å². The van der Waals surface area contributed by atoms with Crippen LogP contribution in [0, 0.1) is 5.92 Å². The molecule has 3 rings (SSSR count). The zero-order chi connectivity index (χ0) is 7.47. The summed E-state index contributed by atoms with van der Waals surface area (Å²) in [6.07, 6.45) is 5.20. The number of fused-ring (bicyclic) bond motifs is 1. The molecule has 3 heterocycles. The van der Waals surface area contributed by atoms with Crippen LogP contribution in [0.4, 0.5) is 0 Å². The Labute approximate surface area is 64.4 Å². The second-order valence-electron chi connectivity index (χ2n) is 3.48. The predicted molar refractivity (Wildman–Crippen MR) is 37.9 cm³/mol. The molecule has 3 aliphatic rings. The van der Waals surface area contributed by atoms with E-state index in [0.29, 0.717) is 6.54 Å². The van der Waals surface area contributed by atoms with Gasteiger partial charge < -0.3 is 10.1 Å². The van der Waals surface area contributed by atoms with Gasteiger partial charge in [0.25, 0.3) is 0 Å². The molecule has 0 aromatic heterocycles. The van der Waals surface area contributed by atoms with Gasteiger partial charge >= 0.3 is 0 Å². The second-order valence-corrected chi connectivity index (χ2v) is 3.48. The zero-order valence-electron chi connectivity index (χ0n) is 6.04. The summed E-state index contributed by atoms with van der Waals surface area (Å²) in [5, 5.41) is 2.82. The molecular formula is C8H9NO2. The normalized spacial score (nSPS) is 51.5. The fourth-order valence-corrected chi connectivity index (χ4v) is 2.29. The lowest BCUT2D eigenvalue weighted by atomic mass is 9.86. The molecule has 58 valence electrons. The minimum absolute atomic E-state index is 0.0949. The number of rotatable bonds is 0. The molecule has 3 nitrogen and oxygen atoms in total. The SMILES string of the molecule is O=C1NCC23C=CC(CC12)O3. The van der Waals surface area contributed by atoms with Gasteiger partial charge in [-0.05, 0) is 6.42 Å². The molecule has 0 saturated carbocycles. The summed E-state index contributed by atoms with van der Waals surface area (Å²) in [5.41, 5.74) is -0.248. The van der Waals surface area contributed by atoms with E-state index in [1.165, 1.54) is 0 Å². The minimum Gasteiger partial charge on any atom is -0.361 e. The van der Waals surface area contributed by atoms with Crippen molar-refractivity contribution in [1.82, 2.24) is 5.32 Å². The van der Waals surface area contributed by atoms with Gasteiger partial charge in [0.1, 0.15) is 5.60 Å². The lowest BCUT2D eigenvalue weighted by Crippen LogP contribution is -2.32. The zero-order valence-corrected chi connectivity index (χ0v) is 6.04. The smallest absolute Gasteiger partial charge is 0.226 e. The molecule has 3 heteroatoms. The average Bonchev–Trinajstić information content (AvgIpc) is 2.62. The maximum atomic E-state index is 11.2. The fourth-order valence-electron chi connectivity index (χ4n) is 2.29. The third kappa shape index (κ3) is 0.518. The Morgan fingerprint density at radius 2 is 2.64 bits per heavy atom. The van der Waals surface area contributed by atoms with Gasteiger partial charge in [-0.1, -0.05) is 12.2 Å².